The quantitative estimate of drug-likeness (QED) is 0.691. The Labute approximate surface area is 114 Å². The molecule has 19 heavy (non-hydrogen) atoms. The van der Waals surface area contributed by atoms with Crippen molar-refractivity contribution in [2.24, 2.45) is 0 Å². The second kappa shape index (κ2) is 7.78. The van der Waals surface area contributed by atoms with E-state index in [9.17, 15) is 9.59 Å². The van der Waals surface area contributed by atoms with Gasteiger partial charge in [-0.15, -0.1) is 6.58 Å². The van der Waals surface area contributed by atoms with Crippen LogP contribution >= 0.6 is 0 Å². The Morgan fingerprint density at radius 2 is 2.00 bits per heavy atom. The minimum atomic E-state index is -1.01. The van der Waals surface area contributed by atoms with E-state index in [-0.39, 0.29) is 19.1 Å². The van der Waals surface area contributed by atoms with E-state index in [1.165, 1.54) is 23.8 Å². The van der Waals surface area contributed by atoms with Crippen molar-refractivity contribution in [3.8, 4) is 0 Å². The van der Waals surface area contributed by atoms with E-state index in [1.807, 2.05) is 0 Å². The summed E-state index contributed by atoms with van der Waals surface area (Å²) in [5, 5.41) is 8.79. The highest BCUT2D eigenvalue weighted by atomic mass is 16.4. The molecule has 0 aliphatic carbocycles. The van der Waals surface area contributed by atoms with E-state index in [4.69, 9.17) is 5.11 Å². The zero-order valence-electron chi connectivity index (χ0n) is 11.5. The number of hydrogen-bond donors (Lipinski definition) is 1. The molecule has 0 aromatic carbocycles. The summed E-state index contributed by atoms with van der Waals surface area (Å²) in [7, 11) is 1.70. The molecule has 1 aliphatic rings. The van der Waals surface area contributed by atoms with Crippen molar-refractivity contribution in [1.82, 2.24) is 14.7 Å². The number of amides is 2. The number of likely N-dealkylation sites (N-methyl/N-ethyl adjacent to an activating group) is 1. The number of carbonyl (C=O) groups is 2. The van der Waals surface area contributed by atoms with Gasteiger partial charge in [-0.25, -0.2) is 4.79 Å². The number of aliphatic carboxylic acids is 1. The van der Waals surface area contributed by atoms with Crippen LogP contribution in [0.4, 0.5) is 4.79 Å². The van der Waals surface area contributed by atoms with Gasteiger partial charge in [-0.1, -0.05) is 6.08 Å². The van der Waals surface area contributed by atoms with Crippen molar-refractivity contribution in [3.05, 3.63) is 12.7 Å². The van der Waals surface area contributed by atoms with E-state index < -0.39 is 5.97 Å². The van der Waals surface area contributed by atoms with Crippen LogP contribution in [0.3, 0.4) is 0 Å². The molecule has 1 N–H and O–H groups in total. The average Bonchev–Trinajstić information content (AvgIpc) is 2.87. The van der Waals surface area contributed by atoms with E-state index in [0.717, 1.165) is 19.6 Å². The van der Waals surface area contributed by atoms with Gasteiger partial charge in [0.05, 0.1) is 0 Å². The Bertz CT molecular complexity index is 327. The van der Waals surface area contributed by atoms with Gasteiger partial charge in [-0.3, -0.25) is 4.79 Å². The van der Waals surface area contributed by atoms with Gasteiger partial charge in [0.25, 0.3) is 0 Å². The zero-order valence-corrected chi connectivity index (χ0v) is 11.5. The van der Waals surface area contributed by atoms with E-state index in [0.29, 0.717) is 6.54 Å². The predicted octanol–water partition coefficient (Wildman–Crippen LogP) is 0.707. The molecule has 1 aliphatic heterocycles. The predicted molar refractivity (Wildman–Crippen MR) is 73.1 cm³/mol. The lowest BCUT2D eigenvalue weighted by atomic mass is 10.4. The van der Waals surface area contributed by atoms with E-state index >= 15 is 0 Å². The highest BCUT2D eigenvalue weighted by molar-refractivity contribution is 5.80. The molecule has 0 bridgehead atoms. The molecule has 0 spiro atoms. The van der Waals surface area contributed by atoms with Gasteiger partial charge in [-0.2, -0.15) is 0 Å². The summed E-state index contributed by atoms with van der Waals surface area (Å²) in [5.41, 5.74) is 0. The number of carboxylic acid groups (broad SMARTS) is 1. The largest absolute Gasteiger partial charge is 0.480 e. The van der Waals surface area contributed by atoms with E-state index in [1.54, 1.807) is 11.9 Å². The Hall–Kier alpha value is -1.56. The highest BCUT2D eigenvalue weighted by Crippen LogP contribution is 2.07. The van der Waals surface area contributed by atoms with Crippen molar-refractivity contribution in [2.45, 2.75) is 12.8 Å². The molecular weight excluding hydrogens is 246 g/mol. The van der Waals surface area contributed by atoms with Crippen molar-refractivity contribution in [3.63, 3.8) is 0 Å². The number of likely N-dealkylation sites (tertiary alicyclic amines) is 1. The Kier molecular flexibility index (Phi) is 6.35. The fraction of sp³-hybridized carbons (Fsp3) is 0.692. The van der Waals surface area contributed by atoms with Crippen LogP contribution in [-0.4, -0.2) is 78.1 Å². The van der Waals surface area contributed by atoms with E-state index in [2.05, 4.69) is 11.5 Å². The van der Waals surface area contributed by atoms with Crippen LogP contribution in [0.1, 0.15) is 12.8 Å². The van der Waals surface area contributed by atoms with Gasteiger partial charge in [0, 0.05) is 26.7 Å². The van der Waals surface area contributed by atoms with Gasteiger partial charge in [0.15, 0.2) is 0 Å². The number of hydrogen-bond acceptors (Lipinski definition) is 3. The van der Waals surface area contributed by atoms with Crippen LogP contribution in [0, 0.1) is 0 Å². The monoisotopic (exact) mass is 269 g/mol. The number of carboxylic acids is 1. The minimum absolute atomic E-state index is 0.249. The minimum Gasteiger partial charge on any atom is -0.480 e. The second-order valence-corrected chi connectivity index (χ2v) is 4.82. The molecule has 1 rings (SSSR count). The molecule has 2 amide bonds. The van der Waals surface area contributed by atoms with Crippen LogP contribution in [0.15, 0.2) is 12.7 Å². The van der Waals surface area contributed by atoms with Crippen LogP contribution in [0.2, 0.25) is 0 Å². The number of nitrogens with zero attached hydrogens (tertiary/aromatic N) is 3. The number of carbonyl (C=O) groups excluding carboxylic acids is 1. The Morgan fingerprint density at radius 3 is 2.53 bits per heavy atom. The lowest BCUT2D eigenvalue weighted by Gasteiger charge is -2.27. The van der Waals surface area contributed by atoms with Gasteiger partial charge in [0.1, 0.15) is 6.54 Å². The molecule has 6 heteroatoms. The van der Waals surface area contributed by atoms with Gasteiger partial charge in [-0.05, 0) is 25.9 Å². The average molecular weight is 269 g/mol. The van der Waals surface area contributed by atoms with Crippen molar-refractivity contribution in [1.29, 1.82) is 0 Å². The summed E-state index contributed by atoms with van der Waals surface area (Å²) in [6.07, 6.45) is 3.98. The lowest BCUT2D eigenvalue weighted by molar-refractivity contribution is -0.137. The zero-order chi connectivity index (χ0) is 14.3. The topological polar surface area (TPSA) is 64.1 Å². The first-order valence-electron chi connectivity index (χ1n) is 6.59. The molecule has 0 atom stereocenters. The van der Waals surface area contributed by atoms with Crippen molar-refractivity contribution in [2.75, 3.05) is 46.3 Å². The van der Waals surface area contributed by atoms with Gasteiger partial charge in [0.2, 0.25) is 0 Å². The first-order chi connectivity index (χ1) is 9.04. The van der Waals surface area contributed by atoms with Gasteiger partial charge < -0.3 is 19.8 Å². The fourth-order valence-corrected chi connectivity index (χ4v) is 2.16. The van der Waals surface area contributed by atoms with Crippen molar-refractivity contribution >= 4 is 12.0 Å². The summed E-state index contributed by atoms with van der Waals surface area (Å²) in [6, 6.07) is -0.263. The molecular formula is C13H23N3O3. The lowest BCUT2D eigenvalue weighted by Crippen LogP contribution is -2.45. The van der Waals surface area contributed by atoms with Gasteiger partial charge >= 0.3 is 12.0 Å². The summed E-state index contributed by atoms with van der Waals surface area (Å²) >= 11 is 0. The van der Waals surface area contributed by atoms with Crippen molar-refractivity contribution < 1.29 is 14.7 Å². The first-order valence-corrected chi connectivity index (χ1v) is 6.59. The normalized spacial score (nSPS) is 15.2. The third-order valence-electron chi connectivity index (χ3n) is 3.22. The summed E-state index contributed by atoms with van der Waals surface area (Å²) < 4.78 is 0. The highest BCUT2D eigenvalue weighted by Gasteiger charge is 2.20. The molecule has 0 aromatic heterocycles. The molecule has 1 saturated heterocycles. The smallest absolute Gasteiger partial charge is 0.323 e. The molecule has 0 unspecified atom stereocenters. The number of rotatable bonds is 7. The van der Waals surface area contributed by atoms with Crippen LogP contribution in [0.25, 0.3) is 0 Å². The molecule has 1 fully saturated rings. The maximum Gasteiger partial charge on any atom is 0.323 e. The summed E-state index contributed by atoms with van der Waals surface area (Å²) in [4.78, 5) is 28.0. The maximum atomic E-state index is 12.1. The first kappa shape index (κ1) is 15.5. The molecule has 0 radical (unpaired) electrons. The summed E-state index contributed by atoms with van der Waals surface area (Å²) in [6.45, 7) is 7.14. The molecule has 6 nitrogen and oxygen atoms in total. The van der Waals surface area contributed by atoms with Crippen LogP contribution < -0.4 is 0 Å². The SMILES string of the molecule is C=CCN(CC(=O)O)C(=O)N(C)CCN1CCCC1. The second-order valence-electron chi connectivity index (χ2n) is 4.82. The van der Waals surface area contributed by atoms with Crippen LogP contribution in [-0.2, 0) is 4.79 Å². The number of urea groups is 1. The standard InChI is InChI=1S/C13H23N3O3/c1-3-6-16(11-12(17)18)13(19)14(2)9-10-15-7-4-5-8-15/h3H,1,4-11H2,2H3,(H,17,18). The maximum absolute atomic E-state index is 12.1. The molecule has 0 saturated carbocycles. The fourth-order valence-electron chi connectivity index (χ4n) is 2.16. The van der Waals surface area contributed by atoms with Crippen LogP contribution in [0.5, 0.6) is 0 Å². The summed E-state index contributed by atoms with van der Waals surface area (Å²) in [5.74, 6) is -1.01. The molecule has 1 heterocycles. The molecule has 0 aromatic rings. The molecule has 108 valence electrons. The Balaban J connectivity index is 2.42. The third kappa shape index (κ3) is 5.30. The third-order valence-corrected chi connectivity index (χ3v) is 3.22. The Morgan fingerprint density at radius 1 is 1.37 bits per heavy atom.